The molecule has 1 aromatic carbocycles. The van der Waals surface area contributed by atoms with E-state index in [4.69, 9.17) is 25.0 Å². The second kappa shape index (κ2) is 11.0. The molecule has 2 aliphatic rings. The molecule has 7 rings (SSSR count). The first-order chi connectivity index (χ1) is 21.1. The van der Waals surface area contributed by atoms with Gasteiger partial charge in [0.05, 0.1) is 23.3 Å². The van der Waals surface area contributed by atoms with Gasteiger partial charge in [-0.2, -0.15) is 0 Å². The zero-order chi connectivity index (χ0) is 30.6. The Balaban J connectivity index is 0.954. The van der Waals surface area contributed by atoms with E-state index in [1.807, 2.05) is 48.7 Å². The quantitative estimate of drug-likeness (QED) is 0.258. The normalized spacial score (nSPS) is 18.6. The average molecular weight is 614 g/mol. The molecule has 0 aliphatic carbocycles. The number of aromatic nitrogens is 4. The lowest BCUT2D eigenvalue weighted by atomic mass is 9.93. The van der Waals surface area contributed by atoms with Crippen molar-refractivity contribution in [3.8, 4) is 17.1 Å². The maximum atomic E-state index is 12.7. The Kier molecular flexibility index (Phi) is 7.13. The maximum absolute atomic E-state index is 12.7. The standard InChI is InChI=1S/C32H35N7O4S/c1-32(2,3)27-14-21(36-43-27)13-24(40)12-19-4-6-20(7-5-19)25-18-39-26-8-9-28(35-29(26)44-31(39)34-25)42-11-10-37-16-23-15-22(37)17-38(23)30(33)41/h4-9,14,18,22-23H,10-13,15-17H2,1-3H3,(H2,33,41)/t22-,23-/m0/s1. The highest BCUT2D eigenvalue weighted by atomic mass is 32.1. The number of benzene rings is 1. The minimum Gasteiger partial charge on any atom is -0.476 e. The molecule has 0 spiro atoms. The Labute approximate surface area is 258 Å². The van der Waals surface area contributed by atoms with Crippen molar-refractivity contribution in [1.29, 1.82) is 0 Å². The van der Waals surface area contributed by atoms with Gasteiger partial charge in [0, 0.05) is 67.4 Å². The zero-order valence-electron chi connectivity index (χ0n) is 25.0. The minimum atomic E-state index is -0.322. The van der Waals surface area contributed by atoms with Gasteiger partial charge in [-0.05, 0) is 18.1 Å². The van der Waals surface area contributed by atoms with Crippen LogP contribution < -0.4 is 10.5 Å². The van der Waals surface area contributed by atoms with E-state index in [9.17, 15) is 9.59 Å². The highest BCUT2D eigenvalue weighted by molar-refractivity contribution is 7.23. The summed E-state index contributed by atoms with van der Waals surface area (Å²) in [7, 11) is 0. The summed E-state index contributed by atoms with van der Waals surface area (Å²) in [5.74, 6) is 1.47. The van der Waals surface area contributed by atoms with Gasteiger partial charge in [0.2, 0.25) is 5.88 Å². The van der Waals surface area contributed by atoms with Gasteiger partial charge in [-0.15, -0.1) is 0 Å². The number of likely N-dealkylation sites (tertiary alicyclic amines) is 2. The van der Waals surface area contributed by atoms with Crippen molar-refractivity contribution in [2.24, 2.45) is 5.73 Å². The van der Waals surface area contributed by atoms with E-state index in [1.165, 1.54) is 11.3 Å². The Morgan fingerprint density at radius 3 is 2.59 bits per heavy atom. The molecule has 2 N–H and O–H groups in total. The van der Waals surface area contributed by atoms with Crippen molar-refractivity contribution in [2.45, 2.75) is 57.5 Å². The number of pyridine rings is 1. The predicted octanol–water partition coefficient (Wildman–Crippen LogP) is 4.47. The molecule has 2 bridgehead atoms. The number of urea groups is 1. The number of thiazole rings is 1. The maximum Gasteiger partial charge on any atom is 0.315 e. The fourth-order valence-corrected chi connectivity index (χ4v) is 7.16. The van der Waals surface area contributed by atoms with Crippen molar-refractivity contribution in [1.82, 2.24) is 29.3 Å². The number of primary amides is 1. The Hall–Kier alpha value is -4.29. The van der Waals surface area contributed by atoms with Crippen LogP contribution in [0.25, 0.3) is 26.6 Å². The van der Waals surface area contributed by atoms with Gasteiger partial charge in [-0.1, -0.05) is 61.5 Å². The van der Waals surface area contributed by atoms with Gasteiger partial charge in [-0.25, -0.2) is 14.8 Å². The number of fused-ring (bicyclic) bond motifs is 5. The van der Waals surface area contributed by atoms with E-state index in [-0.39, 0.29) is 29.7 Å². The molecule has 0 radical (unpaired) electrons. The fourth-order valence-electron chi connectivity index (χ4n) is 6.18. The van der Waals surface area contributed by atoms with Gasteiger partial charge < -0.3 is 19.9 Å². The second-order valence-electron chi connectivity index (χ2n) is 12.8. The summed E-state index contributed by atoms with van der Waals surface area (Å²) < 4.78 is 13.5. The van der Waals surface area contributed by atoms with Crippen LogP contribution in [0.4, 0.5) is 4.79 Å². The lowest BCUT2D eigenvalue weighted by Gasteiger charge is -2.32. The van der Waals surface area contributed by atoms with Gasteiger partial charge in [-0.3, -0.25) is 14.1 Å². The molecule has 5 aromatic rings. The lowest BCUT2D eigenvalue weighted by Crippen LogP contribution is -2.51. The monoisotopic (exact) mass is 613 g/mol. The molecule has 11 nitrogen and oxygen atoms in total. The topological polar surface area (TPSA) is 132 Å². The molecule has 0 saturated carbocycles. The van der Waals surface area contributed by atoms with Crippen LogP contribution >= 0.6 is 11.3 Å². The fraction of sp³-hybridized carbons (Fsp3) is 0.406. The number of carbonyl (C=O) groups is 2. The first-order valence-corrected chi connectivity index (χ1v) is 15.7. The summed E-state index contributed by atoms with van der Waals surface area (Å²) in [6, 6.07) is 14.0. The third kappa shape index (κ3) is 5.55. The van der Waals surface area contributed by atoms with E-state index in [0.717, 1.165) is 57.4 Å². The second-order valence-corrected chi connectivity index (χ2v) is 13.7. The first-order valence-electron chi connectivity index (χ1n) is 14.9. The molecule has 0 unspecified atom stereocenters. The van der Waals surface area contributed by atoms with Crippen LogP contribution in [-0.2, 0) is 23.1 Å². The smallest absolute Gasteiger partial charge is 0.315 e. The first kappa shape index (κ1) is 28.5. The Bertz CT molecular complexity index is 1850. The summed E-state index contributed by atoms with van der Waals surface area (Å²) in [6.07, 6.45) is 3.59. The third-order valence-corrected chi connectivity index (χ3v) is 9.49. The summed E-state index contributed by atoms with van der Waals surface area (Å²) in [4.78, 5) is 39.6. The zero-order valence-corrected chi connectivity index (χ0v) is 25.8. The highest BCUT2D eigenvalue weighted by Gasteiger charge is 2.44. The third-order valence-electron chi connectivity index (χ3n) is 8.53. The minimum absolute atomic E-state index is 0.0934. The van der Waals surface area contributed by atoms with E-state index in [2.05, 4.69) is 35.2 Å². The van der Waals surface area contributed by atoms with Crippen molar-refractivity contribution < 1.29 is 18.8 Å². The Morgan fingerprint density at radius 2 is 1.89 bits per heavy atom. The van der Waals surface area contributed by atoms with Crippen LogP contribution in [0.15, 0.2) is 53.2 Å². The van der Waals surface area contributed by atoms with Crippen LogP contribution in [0.3, 0.4) is 0 Å². The molecule has 2 atom stereocenters. The van der Waals surface area contributed by atoms with Crippen molar-refractivity contribution in [3.05, 3.63) is 65.7 Å². The van der Waals surface area contributed by atoms with Gasteiger partial charge in [0.15, 0.2) is 4.96 Å². The molecule has 12 heteroatoms. The molecule has 2 aliphatic heterocycles. The number of piperazine rings is 1. The number of nitrogens with zero attached hydrogens (tertiary/aromatic N) is 6. The number of nitrogens with two attached hydrogens (primary N) is 1. The van der Waals surface area contributed by atoms with E-state index in [1.54, 1.807) is 4.90 Å². The van der Waals surface area contributed by atoms with Crippen molar-refractivity contribution in [3.63, 3.8) is 0 Å². The van der Waals surface area contributed by atoms with E-state index >= 15 is 0 Å². The van der Waals surface area contributed by atoms with Crippen LogP contribution in [0.1, 0.15) is 44.2 Å². The van der Waals surface area contributed by atoms with Gasteiger partial charge in [0.25, 0.3) is 0 Å². The molecule has 2 saturated heterocycles. The molecule has 2 fully saturated rings. The molecule has 2 amide bonds. The summed E-state index contributed by atoms with van der Waals surface area (Å²) >= 11 is 1.52. The Morgan fingerprint density at radius 1 is 1.07 bits per heavy atom. The lowest BCUT2D eigenvalue weighted by molar-refractivity contribution is -0.117. The molecule has 44 heavy (non-hydrogen) atoms. The van der Waals surface area contributed by atoms with E-state index in [0.29, 0.717) is 37.2 Å². The number of rotatable bonds is 9. The summed E-state index contributed by atoms with van der Waals surface area (Å²) in [6.45, 7) is 9.03. The van der Waals surface area contributed by atoms with Crippen LogP contribution in [0.5, 0.6) is 5.88 Å². The average Bonchev–Trinajstić information content (AvgIpc) is 3.79. The van der Waals surface area contributed by atoms with Gasteiger partial charge in [0.1, 0.15) is 23.0 Å². The van der Waals surface area contributed by atoms with Crippen molar-refractivity contribution in [2.75, 3.05) is 26.2 Å². The van der Waals surface area contributed by atoms with Crippen LogP contribution in [0, 0.1) is 0 Å². The number of Topliss-reactive ketones (excluding diaryl/α,β-unsaturated/α-hetero) is 1. The number of amides is 2. The molecule has 4 aromatic heterocycles. The molecular formula is C32H35N7O4S. The van der Waals surface area contributed by atoms with Crippen molar-refractivity contribution >= 4 is 38.5 Å². The van der Waals surface area contributed by atoms with Gasteiger partial charge >= 0.3 is 6.03 Å². The summed E-state index contributed by atoms with van der Waals surface area (Å²) in [5, 5.41) is 4.07. The number of ether oxygens (including phenoxy) is 1. The van der Waals surface area contributed by atoms with Crippen LogP contribution in [-0.4, -0.2) is 79.5 Å². The molecule has 228 valence electrons. The highest BCUT2D eigenvalue weighted by Crippen LogP contribution is 2.32. The largest absolute Gasteiger partial charge is 0.476 e. The number of ketones is 1. The van der Waals surface area contributed by atoms with Crippen LogP contribution in [0.2, 0.25) is 0 Å². The number of hydrogen-bond acceptors (Lipinski definition) is 9. The number of hydrogen-bond donors (Lipinski definition) is 1. The summed E-state index contributed by atoms with van der Waals surface area (Å²) in [5.41, 5.74) is 9.78. The number of carbonyl (C=O) groups excluding carboxylic acids is 2. The predicted molar refractivity (Wildman–Crippen MR) is 167 cm³/mol. The van der Waals surface area contributed by atoms with E-state index < -0.39 is 0 Å². The molecule has 6 heterocycles. The molecular weight excluding hydrogens is 578 g/mol. The SMILES string of the molecule is CC(C)(C)c1cc(CC(=O)Cc2ccc(-c3cn4c(n3)sc3nc(OCCN5C[C@@H]6C[C@H]5CN6C(N)=O)ccc34)cc2)no1. The number of imidazole rings is 1.